The van der Waals surface area contributed by atoms with Crippen LogP contribution in [-0.4, -0.2) is 4.98 Å². The fourth-order valence-corrected chi connectivity index (χ4v) is 15.1. The van der Waals surface area contributed by atoms with E-state index in [1.54, 1.807) is 5.30 Å². The second-order valence-corrected chi connectivity index (χ2v) is 17.9. The molecular weight excluding hydrogens is 253 g/mol. The summed E-state index contributed by atoms with van der Waals surface area (Å²) in [5, 5.41) is 1.60. The van der Waals surface area contributed by atoms with E-state index in [1.165, 1.54) is 11.8 Å². The van der Waals surface area contributed by atoms with Crippen LogP contribution in [0.4, 0.5) is 0 Å². The van der Waals surface area contributed by atoms with Gasteiger partial charge in [0.1, 0.15) is 0 Å². The van der Waals surface area contributed by atoms with Crippen LogP contribution in [-0.2, 0) is 12.8 Å². The predicted molar refractivity (Wildman–Crippen MR) is 75.8 cm³/mol. The van der Waals surface area contributed by atoms with Crippen LogP contribution >= 0.6 is 40.0 Å². The Morgan fingerprint density at radius 1 is 1.54 bits per heavy atom. The van der Waals surface area contributed by atoms with Gasteiger partial charge in [0.25, 0.3) is 0 Å². The molecule has 0 saturated carbocycles. The van der Waals surface area contributed by atoms with Crippen LogP contribution in [0.25, 0.3) is 0 Å². The second-order valence-electron chi connectivity index (χ2n) is 2.66. The van der Waals surface area contributed by atoms with E-state index < -0.39 is 0 Å². The molecule has 0 spiro atoms. The van der Waals surface area contributed by atoms with E-state index >= 15 is 0 Å². The van der Waals surface area contributed by atoms with Crippen molar-refractivity contribution >= 4 is 40.0 Å². The summed E-state index contributed by atoms with van der Waals surface area (Å²) >= 11 is 0. The molecule has 0 aliphatic rings. The molecule has 0 aliphatic carbocycles. The number of hydrogen-bond donors (Lipinski definition) is 0. The smallest absolute Gasteiger partial charge is 0.0639 e. The molecule has 1 rings (SSSR count). The van der Waals surface area contributed by atoms with Gasteiger partial charge in [-0.15, -0.1) is 8.93 Å². The van der Waals surface area contributed by atoms with E-state index in [0.717, 1.165) is 14.4 Å². The van der Waals surface area contributed by atoms with Gasteiger partial charge in [-0.1, -0.05) is 38.0 Å². The van der Waals surface area contributed by atoms with Crippen LogP contribution in [0.1, 0.15) is 24.6 Å². The highest BCUT2D eigenvalue weighted by atomic mass is 32.8. The first-order valence-electron chi connectivity index (χ1n) is 4.31. The Morgan fingerprint density at radius 2 is 2.23 bits per heavy atom. The molecule has 0 saturated heterocycles. The van der Waals surface area contributed by atoms with Crippen molar-refractivity contribution in [3.05, 3.63) is 16.9 Å². The topological polar surface area (TPSA) is 12.9 Å². The first-order valence-corrected chi connectivity index (χ1v) is 13.0. The quantitative estimate of drug-likeness (QED) is 0.727. The molecule has 0 bridgehead atoms. The zero-order valence-corrected chi connectivity index (χ0v) is 13.1. The molecule has 0 N–H and O–H groups in total. The molecule has 13 heavy (non-hydrogen) atoms. The van der Waals surface area contributed by atoms with Gasteiger partial charge in [-0.05, 0) is 25.1 Å². The maximum Gasteiger partial charge on any atom is 0.0639 e. The molecule has 5 atom stereocenters. The van der Waals surface area contributed by atoms with E-state index in [4.69, 9.17) is 0 Å². The van der Waals surface area contributed by atoms with Crippen LogP contribution in [0.5, 0.6) is 0 Å². The van der Waals surface area contributed by atoms with Gasteiger partial charge in [0.2, 0.25) is 0 Å². The first kappa shape index (κ1) is 12.5. The SMILES string of the molecule is CCc1cnc(CC)p1P(P)PP. The summed E-state index contributed by atoms with van der Waals surface area (Å²) in [6.45, 7) is 4.57. The Morgan fingerprint density at radius 3 is 2.69 bits per heavy atom. The summed E-state index contributed by atoms with van der Waals surface area (Å²) in [6, 6.07) is 0. The third-order valence-corrected chi connectivity index (χ3v) is 21.4. The molecule has 0 aliphatic heterocycles. The van der Waals surface area contributed by atoms with Crippen molar-refractivity contribution in [2.24, 2.45) is 0 Å². The van der Waals surface area contributed by atoms with Crippen molar-refractivity contribution in [1.29, 1.82) is 0 Å². The van der Waals surface area contributed by atoms with Crippen LogP contribution in [0.2, 0.25) is 0 Å². The molecule has 74 valence electrons. The first-order chi connectivity index (χ1) is 6.24. The molecule has 0 fully saturated rings. The normalized spacial score (nSPS) is 15.5. The van der Waals surface area contributed by atoms with Crippen molar-refractivity contribution in [3.8, 4) is 0 Å². The highest BCUT2D eigenvalue weighted by Crippen LogP contribution is 2.83. The molecule has 6 heteroatoms. The van der Waals surface area contributed by atoms with Gasteiger partial charge in [-0.2, -0.15) is 0 Å². The van der Waals surface area contributed by atoms with Gasteiger partial charge in [0.05, 0.1) is 5.43 Å². The van der Waals surface area contributed by atoms with Gasteiger partial charge in [-0.25, -0.2) is 0 Å². The average Bonchev–Trinajstić information content (AvgIpc) is 2.59. The summed E-state index contributed by atoms with van der Waals surface area (Å²) in [6.07, 6.45) is 4.43. The molecule has 1 nitrogen and oxygen atoms in total. The maximum atomic E-state index is 4.54. The molecule has 1 heterocycles. The van der Waals surface area contributed by atoms with E-state index in [1.807, 2.05) is 0 Å². The van der Waals surface area contributed by atoms with Crippen LogP contribution in [0, 0.1) is 0 Å². The molecule has 5 unspecified atom stereocenters. The highest BCUT2D eigenvalue weighted by Gasteiger charge is 2.13. The summed E-state index contributed by atoms with van der Waals surface area (Å²) in [5.74, 6) is 0. The number of aryl methyl sites for hydroxylation is 2. The number of aromatic nitrogens is 1. The number of nitrogens with zero attached hydrogens (tertiary/aromatic N) is 1. The molecule has 0 aromatic carbocycles. The van der Waals surface area contributed by atoms with Gasteiger partial charge in [0.15, 0.2) is 0 Å². The Bertz CT molecular complexity index is 250. The Labute approximate surface area is 88.8 Å². The fourth-order valence-electron chi connectivity index (χ4n) is 1.23. The van der Waals surface area contributed by atoms with Crippen LogP contribution in [0.15, 0.2) is 6.20 Å². The van der Waals surface area contributed by atoms with Gasteiger partial charge < -0.3 is 0 Å². The van der Waals surface area contributed by atoms with Crippen molar-refractivity contribution in [2.45, 2.75) is 26.7 Å². The Kier molecular flexibility index (Phi) is 5.87. The van der Waals surface area contributed by atoms with Crippen molar-refractivity contribution in [2.75, 3.05) is 0 Å². The Balaban J connectivity index is 3.04. The minimum absolute atomic E-state index is 0.00309. The second kappa shape index (κ2) is 6.11. The standard InChI is InChI=1S/C7H16NP5/c1-3-6-5-8-7(4-2)12(6)13(10)11-9/h5,11H,3-4,9-10H2,1-2H3. The molecule has 1 aromatic heterocycles. The van der Waals surface area contributed by atoms with Crippen LogP contribution in [0.3, 0.4) is 0 Å². The van der Waals surface area contributed by atoms with Crippen molar-refractivity contribution in [1.82, 2.24) is 4.98 Å². The summed E-state index contributed by atoms with van der Waals surface area (Å²) in [7, 11) is 6.93. The number of hydrogen-bond acceptors (Lipinski definition) is 1. The molecule has 0 amide bonds. The lowest BCUT2D eigenvalue weighted by molar-refractivity contribution is 1.09. The summed E-state index contributed by atoms with van der Waals surface area (Å²) in [4.78, 5) is 4.54. The van der Waals surface area contributed by atoms with E-state index in [0.29, 0.717) is 0 Å². The fraction of sp³-hybridized carbons (Fsp3) is 0.571. The highest BCUT2D eigenvalue weighted by molar-refractivity contribution is 8.81. The van der Waals surface area contributed by atoms with E-state index in [9.17, 15) is 0 Å². The van der Waals surface area contributed by atoms with E-state index in [2.05, 4.69) is 42.9 Å². The van der Waals surface area contributed by atoms with Gasteiger partial charge in [0, 0.05) is 6.20 Å². The molecular formula is C7H16NP5. The predicted octanol–water partition coefficient (Wildman–Crippen LogP) is 4.61. The maximum absolute atomic E-state index is 4.54. The van der Waals surface area contributed by atoms with Crippen molar-refractivity contribution in [3.63, 3.8) is 0 Å². The Hall–Kier alpha value is 1.43. The zero-order chi connectivity index (χ0) is 9.84. The molecule has 1 aromatic rings. The van der Waals surface area contributed by atoms with Gasteiger partial charge in [-0.3, -0.25) is 4.98 Å². The lowest BCUT2D eigenvalue weighted by Gasteiger charge is -2.12. The third-order valence-electron chi connectivity index (χ3n) is 1.91. The van der Waals surface area contributed by atoms with Crippen molar-refractivity contribution < 1.29 is 0 Å². The van der Waals surface area contributed by atoms with Gasteiger partial charge >= 0.3 is 0 Å². The average molecular weight is 269 g/mol. The lowest BCUT2D eigenvalue weighted by atomic mass is 10.4. The van der Waals surface area contributed by atoms with Crippen LogP contribution < -0.4 is 0 Å². The summed E-state index contributed by atoms with van der Waals surface area (Å²) in [5.41, 5.74) is 1.46. The molecule has 0 radical (unpaired) electrons. The largest absolute Gasteiger partial charge is 0.256 e. The minimum Gasteiger partial charge on any atom is -0.256 e. The lowest BCUT2D eigenvalue weighted by Crippen LogP contribution is -1.72. The minimum atomic E-state index is -0.00309. The zero-order valence-electron chi connectivity index (χ0n) is 7.99. The summed E-state index contributed by atoms with van der Waals surface area (Å²) < 4.78 is 0. The number of rotatable bonds is 4. The van der Waals surface area contributed by atoms with E-state index in [-0.39, 0.29) is 14.2 Å². The third kappa shape index (κ3) is 2.94. The monoisotopic (exact) mass is 269 g/mol.